The van der Waals surface area contributed by atoms with Gasteiger partial charge in [-0.15, -0.1) is 0 Å². The number of allylic oxidation sites excluding steroid dienone is 4. The molecule has 0 fully saturated rings. The lowest BCUT2D eigenvalue weighted by Gasteiger charge is -2.18. The standard InChI is InChI=1S/C41H79N5O2/c1-3-5-7-9-11-13-15-17-19-21-23-25-27-29-31-33-36-44-40(48)38(35-37-45-41(42)43)46-39(47)34-32-30-28-26-24-22-20-18-16-14-12-10-8-6-4-2/h18-21,38H,3-17,22-37H2,1-2H3,(H,44,48)(H,46,47)(H4,42,43,45)/b20-18-,21-19-. The molecular formula is C41H79N5O2. The average molecular weight is 674 g/mol. The summed E-state index contributed by atoms with van der Waals surface area (Å²) in [5, 5.41) is 5.95. The van der Waals surface area contributed by atoms with E-state index in [1.165, 1.54) is 135 Å². The average Bonchev–Trinajstić information content (AvgIpc) is 3.07. The highest BCUT2D eigenvalue weighted by Gasteiger charge is 2.20. The van der Waals surface area contributed by atoms with E-state index in [2.05, 4.69) is 53.8 Å². The van der Waals surface area contributed by atoms with Gasteiger partial charge in [-0.3, -0.25) is 14.6 Å². The van der Waals surface area contributed by atoms with Gasteiger partial charge < -0.3 is 22.1 Å². The van der Waals surface area contributed by atoms with Gasteiger partial charge in [-0.2, -0.15) is 0 Å². The van der Waals surface area contributed by atoms with Gasteiger partial charge in [-0.25, -0.2) is 0 Å². The highest BCUT2D eigenvalue weighted by Crippen LogP contribution is 2.12. The van der Waals surface area contributed by atoms with Crippen LogP contribution in [0.15, 0.2) is 29.3 Å². The Morgan fingerprint density at radius 1 is 0.562 bits per heavy atom. The van der Waals surface area contributed by atoms with Crippen molar-refractivity contribution in [1.82, 2.24) is 10.6 Å². The van der Waals surface area contributed by atoms with E-state index in [0.717, 1.165) is 38.5 Å². The second-order valence-electron chi connectivity index (χ2n) is 13.8. The van der Waals surface area contributed by atoms with Crippen molar-refractivity contribution in [3.63, 3.8) is 0 Å². The first-order valence-electron chi connectivity index (χ1n) is 20.4. The Morgan fingerprint density at radius 2 is 0.958 bits per heavy atom. The number of nitrogens with one attached hydrogen (secondary N) is 2. The lowest BCUT2D eigenvalue weighted by molar-refractivity contribution is -0.129. The van der Waals surface area contributed by atoms with E-state index in [1.54, 1.807) is 0 Å². The number of nitrogens with zero attached hydrogens (tertiary/aromatic N) is 1. The molecule has 0 aromatic rings. The number of guanidine groups is 1. The molecule has 0 heterocycles. The van der Waals surface area contributed by atoms with Crippen molar-refractivity contribution in [2.45, 2.75) is 206 Å². The van der Waals surface area contributed by atoms with E-state index in [-0.39, 0.29) is 17.8 Å². The third kappa shape index (κ3) is 35.0. The fourth-order valence-corrected chi connectivity index (χ4v) is 5.92. The van der Waals surface area contributed by atoms with Gasteiger partial charge in [0.1, 0.15) is 6.04 Å². The maximum atomic E-state index is 12.9. The van der Waals surface area contributed by atoms with Gasteiger partial charge in [0.15, 0.2) is 5.96 Å². The molecule has 0 saturated heterocycles. The van der Waals surface area contributed by atoms with Crippen molar-refractivity contribution in [2.24, 2.45) is 16.5 Å². The number of hydrogen-bond donors (Lipinski definition) is 4. The Balaban J connectivity index is 3.97. The first-order chi connectivity index (χ1) is 23.5. The van der Waals surface area contributed by atoms with Crippen LogP contribution in [0.3, 0.4) is 0 Å². The molecule has 48 heavy (non-hydrogen) atoms. The zero-order chi connectivity index (χ0) is 35.2. The minimum absolute atomic E-state index is 0.00237. The smallest absolute Gasteiger partial charge is 0.242 e. The molecule has 0 radical (unpaired) electrons. The lowest BCUT2D eigenvalue weighted by atomic mass is 10.1. The third-order valence-electron chi connectivity index (χ3n) is 9.02. The minimum atomic E-state index is -0.614. The highest BCUT2D eigenvalue weighted by atomic mass is 16.2. The Hall–Kier alpha value is -2.31. The van der Waals surface area contributed by atoms with Crippen molar-refractivity contribution < 1.29 is 9.59 Å². The molecule has 0 bridgehead atoms. The van der Waals surface area contributed by atoms with Gasteiger partial charge in [-0.05, 0) is 70.6 Å². The molecule has 0 aliphatic rings. The summed E-state index contributed by atoms with van der Waals surface area (Å²) >= 11 is 0. The van der Waals surface area contributed by atoms with Crippen LogP contribution in [0.25, 0.3) is 0 Å². The molecule has 1 atom stereocenters. The van der Waals surface area contributed by atoms with Gasteiger partial charge >= 0.3 is 0 Å². The van der Waals surface area contributed by atoms with E-state index < -0.39 is 6.04 Å². The Morgan fingerprint density at radius 3 is 1.40 bits per heavy atom. The number of hydrogen-bond acceptors (Lipinski definition) is 3. The van der Waals surface area contributed by atoms with E-state index in [0.29, 0.717) is 25.9 Å². The van der Waals surface area contributed by atoms with Crippen LogP contribution in [-0.2, 0) is 9.59 Å². The van der Waals surface area contributed by atoms with Crippen LogP contribution in [0.2, 0.25) is 0 Å². The maximum Gasteiger partial charge on any atom is 0.242 e. The maximum absolute atomic E-state index is 12.9. The Kier molecular flexibility index (Phi) is 35.7. The molecule has 280 valence electrons. The van der Waals surface area contributed by atoms with Gasteiger partial charge in [-0.1, -0.05) is 147 Å². The molecule has 2 amide bonds. The van der Waals surface area contributed by atoms with Crippen molar-refractivity contribution in [2.75, 3.05) is 13.1 Å². The molecule has 0 aliphatic heterocycles. The molecule has 0 saturated carbocycles. The van der Waals surface area contributed by atoms with Gasteiger partial charge in [0.05, 0.1) is 0 Å². The quantitative estimate of drug-likeness (QED) is 0.0229. The summed E-state index contributed by atoms with van der Waals surface area (Å²) in [5.74, 6) is -0.226. The number of unbranched alkanes of at least 4 members (excludes halogenated alkanes) is 23. The number of nitrogens with two attached hydrogens (primary N) is 2. The molecule has 0 aliphatic carbocycles. The normalized spacial score (nSPS) is 12.1. The molecule has 0 aromatic heterocycles. The van der Waals surface area contributed by atoms with Crippen molar-refractivity contribution >= 4 is 17.8 Å². The van der Waals surface area contributed by atoms with Crippen LogP contribution < -0.4 is 22.1 Å². The molecule has 6 N–H and O–H groups in total. The van der Waals surface area contributed by atoms with E-state index in [4.69, 9.17) is 11.5 Å². The van der Waals surface area contributed by atoms with E-state index in [9.17, 15) is 9.59 Å². The van der Waals surface area contributed by atoms with E-state index >= 15 is 0 Å². The van der Waals surface area contributed by atoms with Crippen molar-refractivity contribution in [3.05, 3.63) is 24.3 Å². The van der Waals surface area contributed by atoms with Crippen molar-refractivity contribution in [3.8, 4) is 0 Å². The van der Waals surface area contributed by atoms with Crippen LogP contribution in [0.1, 0.15) is 200 Å². The van der Waals surface area contributed by atoms with E-state index in [1.807, 2.05) is 0 Å². The number of rotatable bonds is 36. The zero-order valence-electron chi connectivity index (χ0n) is 31.7. The summed E-state index contributed by atoms with van der Waals surface area (Å²) in [6, 6.07) is -0.614. The number of amides is 2. The predicted molar refractivity (Wildman–Crippen MR) is 209 cm³/mol. The van der Waals surface area contributed by atoms with Gasteiger partial charge in [0.25, 0.3) is 0 Å². The summed E-state index contributed by atoms with van der Waals surface area (Å²) in [6.07, 6.45) is 43.8. The van der Waals surface area contributed by atoms with Crippen LogP contribution >= 0.6 is 0 Å². The third-order valence-corrected chi connectivity index (χ3v) is 9.02. The first kappa shape index (κ1) is 45.7. The summed E-state index contributed by atoms with van der Waals surface area (Å²) < 4.78 is 0. The molecule has 1 unspecified atom stereocenters. The summed E-state index contributed by atoms with van der Waals surface area (Å²) in [7, 11) is 0. The van der Waals surface area contributed by atoms with Crippen molar-refractivity contribution in [1.29, 1.82) is 0 Å². The Bertz CT molecular complexity index is 807. The van der Waals surface area contributed by atoms with Gasteiger partial charge in [0, 0.05) is 19.5 Å². The topological polar surface area (TPSA) is 123 Å². The molecule has 7 nitrogen and oxygen atoms in total. The molecule has 0 rings (SSSR count). The first-order valence-corrected chi connectivity index (χ1v) is 20.4. The lowest BCUT2D eigenvalue weighted by Crippen LogP contribution is -2.47. The number of carbonyl (C=O) groups excluding carboxylic acids is 2. The zero-order valence-corrected chi connectivity index (χ0v) is 31.7. The molecule has 0 aromatic carbocycles. The second kappa shape index (κ2) is 37.5. The Labute approximate surface area is 297 Å². The summed E-state index contributed by atoms with van der Waals surface area (Å²) in [6.45, 7) is 5.46. The summed E-state index contributed by atoms with van der Waals surface area (Å²) in [4.78, 5) is 29.5. The van der Waals surface area contributed by atoms with Crippen LogP contribution in [-0.4, -0.2) is 36.9 Å². The predicted octanol–water partition coefficient (Wildman–Crippen LogP) is 10.3. The van der Waals surface area contributed by atoms with Gasteiger partial charge in [0.2, 0.25) is 11.8 Å². The monoisotopic (exact) mass is 674 g/mol. The second-order valence-corrected chi connectivity index (χ2v) is 13.8. The molecule has 7 heteroatoms. The largest absolute Gasteiger partial charge is 0.370 e. The highest BCUT2D eigenvalue weighted by molar-refractivity contribution is 5.87. The fourth-order valence-electron chi connectivity index (χ4n) is 5.92. The number of aliphatic imine (C=N–C) groups is 1. The van der Waals surface area contributed by atoms with Crippen LogP contribution in [0.5, 0.6) is 0 Å². The van der Waals surface area contributed by atoms with Crippen LogP contribution in [0, 0.1) is 0 Å². The fraction of sp³-hybridized carbons (Fsp3) is 0.829. The number of carbonyl (C=O) groups is 2. The minimum Gasteiger partial charge on any atom is -0.370 e. The molecular weight excluding hydrogens is 594 g/mol. The summed E-state index contributed by atoms with van der Waals surface area (Å²) in [5.41, 5.74) is 10.9. The molecule has 0 spiro atoms. The SMILES string of the molecule is CCCCCCCC/C=C\CCCCCCCC(=O)NC(CCN=C(N)N)C(=O)NCCCCCCC/C=C\CCCCCCCCC. The van der Waals surface area contributed by atoms with Crippen LogP contribution in [0.4, 0.5) is 0 Å².